The topological polar surface area (TPSA) is 30.0 Å². The molecule has 0 saturated carbocycles. The van der Waals surface area contributed by atoms with E-state index in [1.165, 1.54) is 0 Å². The minimum atomic E-state index is 0.617. The summed E-state index contributed by atoms with van der Waals surface area (Å²) in [7, 11) is 0. The van der Waals surface area contributed by atoms with Gasteiger partial charge in [0.2, 0.25) is 0 Å². The van der Waals surface area contributed by atoms with E-state index < -0.39 is 0 Å². The van der Waals surface area contributed by atoms with E-state index in [1.807, 2.05) is 23.6 Å². The number of pyridine rings is 1. The first-order valence-electron chi connectivity index (χ1n) is 3.84. The van der Waals surface area contributed by atoms with Gasteiger partial charge in [-0.05, 0) is 17.5 Å². The van der Waals surface area contributed by atoms with Crippen molar-refractivity contribution in [3.63, 3.8) is 0 Å². The van der Waals surface area contributed by atoms with E-state index in [1.54, 1.807) is 23.7 Å². The molecule has 2 aromatic heterocycles. The lowest BCUT2D eigenvalue weighted by Crippen LogP contribution is -1.83. The van der Waals surface area contributed by atoms with Crippen molar-refractivity contribution < 1.29 is 4.79 Å². The number of nitrogens with zero attached hydrogens (tertiary/aromatic N) is 1. The lowest BCUT2D eigenvalue weighted by atomic mass is 10.2. The molecule has 13 heavy (non-hydrogen) atoms. The largest absolute Gasteiger partial charge is 0.298 e. The Labute approximate surface area is 79.9 Å². The summed E-state index contributed by atoms with van der Waals surface area (Å²) in [4.78, 5) is 15.6. The standard InChI is InChI=1S/C10H7NOS/c12-7-8-4-9(6-11-5-8)10-2-1-3-13-10/h1-7H. The SMILES string of the molecule is O=Cc1cncc(-c2cccs2)c1. The fourth-order valence-corrected chi connectivity index (χ4v) is 1.81. The molecule has 2 heterocycles. The minimum Gasteiger partial charge on any atom is -0.298 e. The third-order valence-electron chi connectivity index (χ3n) is 1.70. The zero-order valence-electron chi connectivity index (χ0n) is 6.81. The van der Waals surface area contributed by atoms with Crippen molar-refractivity contribution in [1.29, 1.82) is 0 Å². The number of aldehydes is 1. The van der Waals surface area contributed by atoms with E-state index in [0.717, 1.165) is 16.7 Å². The molecule has 0 radical (unpaired) electrons. The van der Waals surface area contributed by atoms with E-state index in [4.69, 9.17) is 0 Å². The minimum absolute atomic E-state index is 0.617. The molecule has 0 saturated heterocycles. The zero-order chi connectivity index (χ0) is 9.10. The van der Waals surface area contributed by atoms with Crippen LogP contribution in [0.5, 0.6) is 0 Å². The van der Waals surface area contributed by atoms with Crippen LogP contribution in [0.2, 0.25) is 0 Å². The van der Waals surface area contributed by atoms with E-state index in [-0.39, 0.29) is 0 Å². The maximum absolute atomic E-state index is 10.5. The Morgan fingerprint density at radius 2 is 2.31 bits per heavy atom. The molecule has 2 rings (SSSR count). The predicted octanol–water partition coefficient (Wildman–Crippen LogP) is 2.62. The van der Waals surface area contributed by atoms with Crippen LogP contribution in [-0.4, -0.2) is 11.3 Å². The molecule has 0 bridgehead atoms. The third-order valence-corrected chi connectivity index (χ3v) is 2.62. The lowest BCUT2D eigenvalue weighted by molar-refractivity contribution is 0.112. The fraction of sp³-hybridized carbons (Fsp3) is 0. The summed E-state index contributed by atoms with van der Waals surface area (Å²) >= 11 is 1.64. The second kappa shape index (κ2) is 3.49. The molecule has 0 aliphatic heterocycles. The van der Waals surface area contributed by atoms with Crippen molar-refractivity contribution in [2.24, 2.45) is 0 Å². The summed E-state index contributed by atoms with van der Waals surface area (Å²) in [5.74, 6) is 0. The predicted molar refractivity (Wildman–Crippen MR) is 52.9 cm³/mol. The normalized spacial score (nSPS) is 9.85. The van der Waals surface area contributed by atoms with Crippen LogP contribution in [0.25, 0.3) is 10.4 Å². The van der Waals surface area contributed by atoms with Crippen LogP contribution >= 0.6 is 11.3 Å². The number of hydrogen-bond acceptors (Lipinski definition) is 3. The van der Waals surface area contributed by atoms with Gasteiger partial charge in [-0.2, -0.15) is 0 Å². The molecule has 0 fully saturated rings. The maximum Gasteiger partial charge on any atom is 0.151 e. The van der Waals surface area contributed by atoms with Crippen LogP contribution in [-0.2, 0) is 0 Å². The summed E-state index contributed by atoms with van der Waals surface area (Å²) in [5, 5.41) is 2.00. The molecule has 2 aromatic rings. The fourth-order valence-electron chi connectivity index (χ4n) is 1.10. The van der Waals surface area contributed by atoms with Crippen LogP contribution in [0, 0.1) is 0 Å². The smallest absolute Gasteiger partial charge is 0.151 e. The molecule has 0 N–H and O–H groups in total. The molecule has 0 amide bonds. The highest BCUT2D eigenvalue weighted by atomic mass is 32.1. The highest BCUT2D eigenvalue weighted by molar-refractivity contribution is 7.13. The van der Waals surface area contributed by atoms with Gasteiger partial charge in [-0.15, -0.1) is 11.3 Å². The number of thiophene rings is 1. The number of hydrogen-bond donors (Lipinski definition) is 0. The van der Waals surface area contributed by atoms with E-state index in [2.05, 4.69) is 4.98 Å². The molecule has 0 unspecified atom stereocenters. The second-order valence-electron chi connectivity index (χ2n) is 2.60. The highest BCUT2D eigenvalue weighted by Gasteiger charge is 1.99. The van der Waals surface area contributed by atoms with Gasteiger partial charge in [-0.3, -0.25) is 9.78 Å². The van der Waals surface area contributed by atoms with Crippen LogP contribution in [0.1, 0.15) is 10.4 Å². The summed E-state index contributed by atoms with van der Waals surface area (Å²) in [6.45, 7) is 0. The molecular weight excluding hydrogens is 182 g/mol. The molecule has 0 aliphatic carbocycles. The Morgan fingerprint density at radius 3 is 3.00 bits per heavy atom. The molecule has 0 aromatic carbocycles. The number of rotatable bonds is 2. The Bertz CT molecular complexity index is 409. The van der Waals surface area contributed by atoms with Gasteiger partial charge in [-0.25, -0.2) is 0 Å². The van der Waals surface area contributed by atoms with Gasteiger partial charge in [0.05, 0.1) is 0 Å². The highest BCUT2D eigenvalue weighted by Crippen LogP contribution is 2.23. The lowest BCUT2D eigenvalue weighted by Gasteiger charge is -1.96. The van der Waals surface area contributed by atoms with Crippen molar-refractivity contribution >= 4 is 17.6 Å². The summed E-state index contributed by atoms with van der Waals surface area (Å²) in [6.07, 6.45) is 4.13. The Balaban J connectivity index is 2.47. The third kappa shape index (κ3) is 1.65. The first-order valence-corrected chi connectivity index (χ1v) is 4.72. The van der Waals surface area contributed by atoms with Gasteiger partial charge < -0.3 is 0 Å². The van der Waals surface area contributed by atoms with Gasteiger partial charge in [0.25, 0.3) is 0 Å². The molecule has 0 atom stereocenters. The van der Waals surface area contributed by atoms with Gasteiger partial charge in [0, 0.05) is 28.4 Å². The van der Waals surface area contributed by atoms with Crippen molar-refractivity contribution in [3.8, 4) is 10.4 Å². The molecule has 0 spiro atoms. The van der Waals surface area contributed by atoms with Crippen LogP contribution in [0.15, 0.2) is 36.0 Å². The van der Waals surface area contributed by atoms with Crippen molar-refractivity contribution in [3.05, 3.63) is 41.5 Å². The quantitative estimate of drug-likeness (QED) is 0.680. The molecule has 0 aliphatic rings. The monoisotopic (exact) mass is 189 g/mol. The Kier molecular flexibility index (Phi) is 2.19. The average Bonchev–Trinajstić information content (AvgIpc) is 2.71. The molecule has 2 nitrogen and oxygen atoms in total. The number of aromatic nitrogens is 1. The molecule has 3 heteroatoms. The molecular formula is C10H7NOS. The first kappa shape index (κ1) is 8.13. The van der Waals surface area contributed by atoms with Gasteiger partial charge in [-0.1, -0.05) is 6.07 Å². The van der Waals surface area contributed by atoms with Gasteiger partial charge >= 0.3 is 0 Å². The summed E-state index contributed by atoms with van der Waals surface area (Å²) in [5.41, 5.74) is 1.62. The van der Waals surface area contributed by atoms with Crippen LogP contribution < -0.4 is 0 Å². The van der Waals surface area contributed by atoms with Crippen LogP contribution in [0.4, 0.5) is 0 Å². The zero-order valence-corrected chi connectivity index (χ0v) is 7.62. The summed E-state index contributed by atoms with van der Waals surface area (Å²) in [6, 6.07) is 5.83. The van der Waals surface area contributed by atoms with Crippen molar-refractivity contribution in [2.45, 2.75) is 0 Å². The second-order valence-corrected chi connectivity index (χ2v) is 3.55. The summed E-state index contributed by atoms with van der Waals surface area (Å²) < 4.78 is 0. The van der Waals surface area contributed by atoms with Crippen LogP contribution in [0.3, 0.4) is 0 Å². The maximum atomic E-state index is 10.5. The first-order chi connectivity index (χ1) is 6.40. The Hall–Kier alpha value is -1.48. The average molecular weight is 189 g/mol. The van der Waals surface area contributed by atoms with E-state index in [9.17, 15) is 4.79 Å². The van der Waals surface area contributed by atoms with E-state index >= 15 is 0 Å². The van der Waals surface area contributed by atoms with E-state index in [0.29, 0.717) is 5.56 Å². The van der Waals surface area contributed by atoms with Gasteiger partial charge in [0.15, 0.2) is 6.29 Å². The molecule has 64 valence electrons. The van der Waals surface area contributed by atoms with Crippen molar-refractivity contribution in [1.82, 2.24) is 4.98 Å². The van der Waals surface area contributed by atoms with Crippen molar-refractivity contribution in [2.75, 3.05) is 0 Å². The number of carbonyl (C=O) groups excluding carboxylic acids is 1. The Morgan fingerprint density at radius 1 is 1.38 bits per heavy atom. The van der Waals surface area contributed by atoms with Gasteiger partial charge in [0.1, 0.15) is 0 Å². The number of carbonyl (C=O) groups is 1.